The number of hydrogen-bond donors (Lipinski definition) is 1. The van der Waals surface area contributed by atoms with Gasteiger partial charge >= 0.3 is 0 Å². The van der Waals surface area contributed by atoms with Gasteiger partial charge in [-0.05, 0) is 90.6 Å². The van der Waals surface area contributed by atoms with Gasteiger partial charge in [0.2, 0.25) is 0 Å². The minimum absolute atomic E-state index is 0.227. The van der Waals surface area contributed by atoms with Gasteiger partial charge in [-0.15, -0.1) is 0 Å². The van der Waals surface area contributed by atoms with Crippen LogP contribution in [0.3, 0.4) is 0 Å². The van der Waals surface area contributed by atoms with Gasteiger partial charge in [0.1, 0.15) is 0 Å². The van der Waals surface area contributed by atoms with E-state index in [0.29, 0.717) is 18.6 Å². The van der Waals surface area contributed by atoms with E-state index in [0.717, 1.165) is 18.8 Å². The van der Waals surface area contributed by atoms with Crippen LogP contribution in [0, 0.1) is 9.49 Å². The highest BCUT2D eigenvalue weighted by Crippen LogP contribution is 2.39. The van der Waals surface area contributed by atoms with E-state index in [4.69, 9.17) is 4.74 Å². The average molecular weight is 416 g/mol. The minimum Gasteiger partial charge on any atom is -0.391 e. The maximum atomic E-state index is 9.51. The first kappa shape index (κ1) is 18.2. The van der Waals surface area contributed by atoms with Crippen LogP contribution in [0.25, 0.3) is 0 Å². The van der Waals surface area contributed by atoms with Crippen molar-refractivity contribution >= 4 is 22.6 Å². The molecule has 0 bridgehead atoms. The van der Waals surface area contributed by atoms with Gasteiger partial charge in [-0.1, -0.05) is 26.0 Å². The van der Waals surface area contributed by atoms with Crippen LogP contribution in [0.2, 0.25) is 0 Å². The number of rotatable bonds is 2. The van der Waals surface area contributed by atoms with Gasteiger partial charge in [-0.2, -0.15) is 0 Å². The zero-order chi connectivity index (χ0) is 15.9. The Labute approximate surface area is 148 Å². The third-order valence-corrected chi connectivity index (χ3v) is 5.65. The SMILES string of the molecule is CC.OC1CCC(C2CCC(c3ccc(I)cc3)CC2)OC1. The second kappa shape index (κ2) is 9.24. The summed E-state index contributed by atoms with van der Waals surface area (Å²) in [4.78, 5) is 0. The Hall–Kier alpha value is -0.130. The molecule has 124 valence electrons. The van der Waals surface area contributed by atoms with Crippen molar-refractivity contribution < 1.29 is 9.84 Å². The van der Waals surface area contributed by atoms with Crippen LogP contribution >= 0.6 is 22.6 Å². The molecule has 0 aromatic heterocycles. The summed E-state index contributed by atoms with van der Waals surface area (Å²) in [6.45, 7) is 4.54. The fourth-order valence-electron chi connectivity index (χ4n) is 3.69. The van der Waals surface area contributed by atoms with Crippen molar-refractivity contribution in [3.05, 3.63) is 33.4 Å². The molecule has 2 fully saturated rings. The van der Waals surface area contributed by atoms with Crippen molar-refractivity contribution in [3.8, 4) is 0 Å². The highest BCUT2D eigenvalue weighted by molar-refractivity contribution is 14.1. The van der Waals surface area contributed by atoms with Gasteiger partial charge < -0.3 is 9.84 Å². The Bertz CT molecular complexity index is 416. The van der Waals surface area contributed by atoms with Crippen molar-refractivity contribution in [1.29, 1.82) is 0 Å². The van der Waals surface area contributed by atoms with Crippen molar-refractivity contribution in [2.24, 2.45) is 5.92 Å². The smallest absolute Gasteiger partial charge is 0.0774 e. The van der Waals surface area contributed by atoms with Crippen LogP contribution < -0.4 is 0 Å². The van der Waals surface area contributed by atoms with E-state index >= 15 is 0 Å². The first-order valence-electron chi connectivity index (χ1n) is 8.77. The van der Waals surface area contributed by atoms with E-state index in [1.165, 1.54) is 34.8 Å². The molecule has 2 atom stereocenters. The molecule has 1 saturated carbocycles. The predicted octanol–water partition coefficient (Wildman–Crippen LogP) is 5.13. The molecule has 2 unspecified atom stereocenters. The van der Waals surface area contributed by atoms with E-state index in [1.54, 1.807) is 0 Å². The van der Waals surface area contributed by atoms with Gasteiger partial charge in [0, 0.05) is 3.57 Å². The number of ether oxygens (including phenoxy) is 1. The molecule has 0 amide bonds. The number of aliphatic hydroxyl groups is 1. The highest BCUT2D eigenvalue weighted by atomic mass is 127. The van der Waals surface area contributed by atoms with Gasteiger partial charge in [0.05, 0.1) is 18.8 Å². The largest absolute Gasteiger partial charge is 0.391 e. The molecule has 2 aliphatic rings. The normalized spacial score (nSPS) is 32.0. The standard InChI is InChI=1S/C17H23IO2.C2H6/c18-15-7-5-13(6-8-15)12-1-3-14(4-2-12)17-10-9-16(19)11-20-17;1-2/h5-8,12,14,16-17,19H,1-4,9-11H2;1-2H3. The fourth-order valence-corrected chi connectivity index (χ4v) is 4.05. The Morgan fingerprint density at radius 3 is 2.14 bits per heavy atom. The van der Waals surface area contributed by atoms with Crippen molar-refractivity contribution in [2.75, 3.05) is 6.61 Å². The first-order valence-corrected chi connectivity index (χ1v) is 9.85. The third kappa shape index (κ3) is 4.93. The van der Waals surface area contributed by atoms with Crippen molar-refractivity contribution in [1.82, 2.24) is 0 Å². The maximum Gasteiger partial charge on any atom is 0.0774 e. The summed E-state index contributed by atoms with van der Waals surface area (Å²) in [7, 11) is 0. The van der Waals surface area contributed by atoms with E-state index in [2.05, 4.69) is 46.9 Å². The molecule has 0 spiro atoms. The average Bonchev–Trinajstić information content (AvgIpc) is 2.58. The first-order chi connectivity index (χ1) is 10.7. The molecule has 3 rings (SSSR count). The summed E-state index contributed by atoms with van der Waals surface area (Å²) in [5.74, 6) is 1.44. The number of benzene rings is 1. The van der Waals surface area contributed by atoms with Crippen LogP contribution in [-0.2, 0) is 4.74 Å². The monoisotopic (exact) mass is 416 g/mol. The van der Waals surface area contributed by atoms with E-state index in [1.807, 2.05) is 13.8 Å². The van der Waals surface area contributed by atoms with E-state index in [-0.39, 0.29) is 6.10 Å². The summed E-state index contributed by atoms with van der Waals surface area (Å²) in [5.41, 5.74) is 1.50. The Kier molecular flexibility index (Phi) is 7.65. The second-order valence-corrected chi connectivity index (χ2v) is 7.51. The Morgan fingerprint density at radius 1 is 0.955 bits per heavy atom. The van der Waals surface area contributed by atoms with Crippen LogP contribution in [0.15, 0.2) is 24.3 Å². The van der Waals surface area contributed by atoms with Gasteiger partial charge in [-0.3, -0.25) is 0 Å². The fraction of sp³-hybridized carbons (Fsp3) is 0.684. The van der Waals surface area contributed by atoms with Crippen molar-refractivity contribution in [3.63, 3.8) is 0 Å². The molecule has 1 heterocycles. The topological polar surface area (TPSA) is 29.5 Å². The number of hydrogen-bond acceptors (Lipinski definition) is 2. The molecule has 1 aliphatic carbocycles. The Morgan fingerprint density at radius 2 is 1.59 bits per heavy atom. The molecule has 1 aromatic carbocycles. The lowest BCUT2D eigenvalue weighted by molar-refractivity contribution is -0.0845. The predicted molar refractivity (Wildman–Crippen MR) is 100 cm³/mol. The molecule has 1 aliphatic heterocycles. The maximum absolute atomic E-state index is 9.51. The lowest BCUT2D eigenvalue weighted by atomic mass is 9.75. The van der Waals surface area contributed by atoms with Crippen LogP contribution in [0.4, 0.5) is 0 Å². The van der Waals surface area contributed by atoms with Gasteiger partial charge in [0.15, 0.2) is 0 Å². The van der Waals surface area contributed by atoms with Crippen molar-refractivity contribution in [2.45, 2.75) is 70.5 Å². The van der Waals surface area contributed by atoms with Crippen LogP contribution in [-0.4, -0.2) is 23.9 Å². The Balaban J connectivity index is 0.000000847. The van der Waals surface area contributed by atoms with Crippen LogP contribution in [0.1, 0.15) is 63.9 Å². The quantitative estimate of drug-likeness (QED) is 0.678. The molecule has 1 N–H and O–H groups in total. The molecule has 22 heavy (non-hydrogen) atoms. The molecular weight excluding hydrogens is 387 g/mol. The molecule has 2 nitrogen and oxygen atoms in total. The van der Waals surface area contributed by atoms with Gasteiger partial charge in [-0.25, -0.2) is 0 Å². The zero-order valence-electron chi connectivity index (χ0n) is 13.8. The lowest BCUT2D eigenvalue weighted by Crippen LogP contribution is -2.35. The van der Waals surface area contributed by atoms with E-state index in [9.17, 15) is 5.11 Å². The molecule has 1 saturated heterocycles. The lowest BCUT2D eigenvalue weighted by Gasteiger charge is -2.37. The molecule has 1 aromatic rings. The summed E-state index contributed by atoms with van der Waals surface area (Å²) >= 11 is 2.36. The molecular formula is C19H29IO2. The summed E-state index contributed by atoms with van der Waals surface area (Å²) in [5, 5.41) is 9.51. The summed E-state index contributed by atoms with van der Waals surface area (Å²) < 4.78 is 7.15. The number of aliphatic hydroxyl groups excluding tert-OH is 1. The van der Waals surface area contributed by atoms with E-state index < -0.39 is 0 Å². The highest BCUT2D eigenvalue weighted by Gasteiger charge is 2.31. The second-order valence-electron chi connectivity index (χ2n) is 6.27. The minimum atomic E-state index is -0.227. The molecule has 3 heteroatoms. The number of halogens is 1. The van der Waals surface area contributed by atoms with Crippen LogP contribution in [0.5, 0.6) is 0 Å². The zero-order valence-corrected chi connectivity index (χ0v) is 16.0. The molecule has 0 radical (unpaired) electrons. The third-order valence-electron chi connectivity index (χ3n) is 4.93. The van der Waals surface area contributed by atoms with Gasteiger partial charge in [0.25, 0.3) is 0 Å². The summed E-state index contributed by atoms with van der Waals surface area (Å²) in [6, 6.07) is 9.02. The summed E-state index contributed by atoms with van der Waals surface area (Å²) in [6.07, 6.45) is 7.25.